The van der Waals surface area contributed by atoms with Crippen molar-refractivity contribution in [2.45, 2.75) is 49.6 Å². The Kier molecular flexibility index (Phi) is 9.64. The first kappa shape index (κ1) is 26.5. The van der Waals surface area contributed by atoms with E-state index in [-0.39, 0.29) is 12.3 Å². The summed E-state index contributed by atoms with van der Waals surface area (Å²) in [4.78, 5) is 19.2. The number of piperidine rings is 1. The molecule has 3 atom stereocenters. The number of halogens is 1. The Labute approximate surface area is 216 Å². The lowest BCUT2D eigenvalue weighted by Crippen LogP contribution is -2.41. The molecule has 1 unspecified atom stereocenters. The molecule has 0 saturated carbocycles. The van der Waals surface area contributed by atoms with Gasteiger partial charge in [0.2, 0.25) is 0 Å². The lowest BCUT2D eigenvalue weighted by molar-refractivity contribution is -0.137. The van der Waals surface area contributed by atoms with Crippen LogP contribution in [0, 0.1) is 11.8 Å². The van der Waals surface area contributed by atoms with Crippen molar-refractivity contribution in [1.82, 2.24) is 9.88 Å². The van der Waals surface area contributed by atoms with E-state index in [1.807, 2.05) is 24.3 Å². The van der Waals surface area contributed by atoms with Gasteiger partial charge in [-0.3, -0.25) is 9.78 Å². The van der Waals surface area contributed by atoms with Crippen LogP contribution in [-0.2, 0) is 4.79 Å². The molecular formula is C28H35FN2O4S. The predicted molar refractivity (Wildman–Crippen MR) is 140 cm³/mol. The number of hydrogen-bond donors (Lipinski definition) is 1. The van der Waals surface area contributed by atoms with E-state index in [4.69, 9.17) is 9.15 Å². The fourth-order valence-electron chi connectivity index (χ4n) is 5.25. The number of aliphatic carboxylic acids is 1. The second kappa shape index (κ2) is 13.1. The zero-order valence-corrected chi connectivity index (χ0v) is 21.6. The molecule has 0 amide bonds. The molecule has 8 heteroatoms. The van der Waals surface area contributed by atoms with Crippen molar-refractivity contribution in [3.8, 4) is 5.75 Å². The third-order valence-corrected chi connectivity index (χ3v) is 8.26. The lowest BCUT2D eigenvalue weighted by atomic mass is 9.79. The van der Waals surface area contributed by atoms with Gasteiger partial charge in [-0.25, -0.2) is 4.39 Å². The summed E-state index contributed by atoms with van der Waals surface area (Å²) in [5, 5.41) is 10.1. The van der Waals surface area contributed by atoms with Gasteiger partial charge in [0.05, 0.1) is 18.9 Å². The average Bonchev–Trinajstić information content (AvgIpc) is 3.42. The fourth-order valence-corrected chi connectivity index (χ4v) is 6.03. The third kappa shape index (κ3) is 7.23. The summed E-state index contributed by atoms with van der Waals surface area (Å²) in [6.45, 7) is 2.87. The molecule has 4 rings (SSSR count). The van der Waals surface area contributed by atoms with Crippen LogP contribution in [0.3, 0.4) is 0 Å². The number of pyridine rings is 1. The van der Waals surface area contributed by atoms with E-state index >= 15 is 4.39 Å². The number of nitrogens with zero attached hydrogens (tertiary/aromatic N) is 2. The van der Waals surface area contributed by atoms with Crippen molar-refractivity contribution >= 4 is 28.6 Å². The van der Waals surface area contributed by atoms with Crippen molar-refractivity contribution in [3.05, 3.63) is 54.6 Å². The number of fused-ring (bicyclic) bond motifs is 1. The summed E-state index contributed by atoms with van der Waals surface area (Å²) in [5.41, 5.74) is 1.41. The number of carbonyl (C=O) groups is 1. The maximum Gasteiger partial charge on any atom is 0.303 e. The molecule has 6 nitrogen and oxygen atoms in total. The number of alkyl halides is 1. The molecule has 1 N–H and O–H groups in total. The SMILES string of the molecule is COc1ccc2nccc(C(F)CC[C@@H]3CCN(CCCSc4ccoc4)C[C@@H]3CCC(=O)O)c2c1. The smallest absolute Gasteiger partial charge is 0.303 e. The third-order valence-electron chi connectivity index (χ3n) is 7.20. The molecule has 1 saturated heterocycles. The number of aromatic nitrogens is 1. The maximum atomic E-state index is 15.5. The fraction of sp³-hybridized carbons (Fsp3) is 0.500. The Morgan fingerprint density at radius 1 is 1.31 bits per heavy atom. The van der Waals surface area contributed by atoms with E-state index in [1.165, 1.54) is 0 Å². The number of hydrogen-bond acceptors (Lipinski definition) is 6. The van der Waals surface area contributed by atoms with E-state index in [9.17, 15) is 9.90 Å². The van der Waals surface area contributed by atoms with Gasteiger partial charge < -0.3 is 19.2 Å². The molecular weight excluding hydrogens is 479 g/mol. The molecule has 1 aromatic carbocycles. The van der Waals surface area contributed by atoms with Crippen molar-refractivity contribution in [2.75, 3.05) is 32.5 Å². The zero-order chi connectivity index (χ0) is 25.3. The Morgan fingerprint density at radius 2 is 2.19 bits per heavy atom. The summed E-state index contributed by atoms with van der Waals surface area (Å²) in [6.07, 6.45) is 8.06. The standard InChI is InChI=1S/C28H35FN2O4S/c1-34-22-5-7-27-25(17-22)24(9-12-30-27)26(29)6-3-20-10-14-31(18-21(20)4-8-28(32)33)13-2-16-36-23-11-15-35-19-23/h5,7,9,11-12,15,17,19-21,26H,2-4,6,8,10,13-14,16,18H2,1H3,(H,32,33)/t20-,21+,26?/m1/s1. The van der Waals surface area contributed by atoms with E-state index in [2.05, 4.69) is 9.88 Å². The minimum absolute atomic E-state index is 0.166. The van der Waals surface area contributed by atoms with E-state index in [1.54, 1.807) is 43.7 Å². The van der Waals surface area contributed by atoms with Crippen LogP contribution in [-0.4, -0.2) is 53.5 Å². The number of furan rings is 1. The largest absolute Gasteiger partial charge is 0.497 e. The first-order valence-corrected chi connectivity index (χ1v) is 13.7. The van der Waals surface area contributed by atoms with E-state index < -0.39 is 12.1 Å². The van der Waals surface area contributed by atoms with Crippen LogP contribution in [0.15, 0.2) is 58.4 Å². The molecule has 1 aliphatic rings. The Bertz CT molecular complexity index is 1110. The topological polar surface area (TPSA) is 75.8 Å². The van der Waals surface area contributed by atoms with Crippen molar-refractivity contribution in [2.24, 2.45) is 11.8 Å². The minimum atomic E-state index is -1.10. The second-order valence-corrected chi connectivity index (χ2v) is 10.7. The van der Waals surface area contributed by atoms with E-state index in [0.29, 0.717) is 30.1 Å². The summed E-state index contributed by atoms with van der Waals surface area (Å²) in [7, 11) is 1.60. The lowest BCUT2D eigenvalue weighted by Gasteiger charge is -2.39. The van der Waals surface area contributed by atoms with Crippen molar-refractivity contribution < 1.29 is 23.4 Å². The molecule has 2 aromatic heterocycles. The summed E-state index contributed by atoms with van der Waals surface area (Å²) < 4.78 is 26.0. The highest BCUT2D eigenvalue weighted by molar-refractivity contribution is 7.99. The van der Waals surface area contributed by atoms with Crippen molar-refractivity contribution in [3.63, 3.8) is 0 Å². The van der Waals surface area contributed by atoms with Crippen LogP contribution in [0.25, 0.3) is 10.9 Å². The first-order chi connectivity index (χ1) is 17.5. The van der Waals surface area contributed by atoms with Gasteiger partial charge in [0, 0.05) is 29.4 Å². The van der Waals surface area contributed by atoms with Gasteiger partial charge in [0.25, 0.3) is 0 Å². The van der Waals surface area contributed by atoms with Crippen molar-refractivity contribution in [1.29, 1.82) is 0 Å². The molecule has 3 heterocycles. The molecule has 0 aliphatic carbocycles. The van der Waals surface area contributed by atoms with Crippen LogP contribution < -0.4 is 4.74 Å². The number of rotatable bonds is 13. The quantitative estimate of drug-likeness (QED) is 0.203. The predicted octanol–water partition coefficient (Wildman–Crippen LogP) is 6.61. The van der Waals surface area contributed by atoms with Gasteiger partial charge in [-0.15, -0.1) is 11.8 Å². The summed E-state index contributed by atoms with van der Waals surface area (Å²) in [6, 6.07) is 9.28. The van der Waals surface area contributed by atoms with Gasteiger partial charge in [0.1, 0.15) is 18.2 Å². The number of thioether (sulfide) groups is 1. The molecule has 36 heavy (non-hydrogen) atoms. The Hall–Kier alpha value is -2.58. The highest BCUT2D eigenvalue weighted by atomic mass is 32.2. The van der Waals surface area contributed by atoms with Gasteiger partial charge in [-0.2, -0.15) is 0 Å². The molecule has 194 valence electrons. The number of methoxy groups -OCH3 is 1. The molecule has 0 radical (unpaired) electrons. The number of benzene rings is 1. The molecule has 1 aliphatic heterocycles. The van der Waals surface area contributed by atoms with Crippen LogP contribution in [0.2, 0.25) is 0 Å². The van der Waals surface area contributed by atoms with Crippen LogP contribution in [0.5, 0.6) is 5.75 Å². The maximum absolute atomic E-state index is 15.5. The van der Waals surface area contributed by atoms with Gasteiger partial charge in [0.15, 0.2) is 0 Å². The molecule has 0 spiro atoms. The van der Waals surface area contributed by atoms with Crippen LogP contribution in [0.1, 0.15) is 50.3 Å². The number of likely N-dealkylation sites (tertiary alicyclic amines) is 1. The number of ether oxygens (including phenoxy) is 1. The second-order valence-electron chi connectivity index (χ2n) is 9.53. The number of carboxylic acid groups (broad SMARTS) is 1. The Morgan fingerprint density at radius 3 is 2.97 bits per heavy atom. The summed E-state index contributed by atoms with van der Waals surface area (Å²) in [5.74, 6) is 1.56. The van der Waals surface area contributed by atoms with Gasteiger partial charge >= 0.3 is 5.97 Å². The number of carboxylic acids is 1. The monoisotopic (exact) mass is 514 g/mol. The normalized spacial score (nSPS) is 19.4. The Balaban J connectivity index is 1.33. The molecule has 1 fully saturated rings. The highest BCUT2D eigenvalue weighted by Crippen LogP contribution is 2.36. The molecule has 3 aromatic rings. The minimum Gasteiger partial charge on any atom is -0.497 e. The average molecular weight is 515 g/mol. The van der Waals surface area contributed by atoms with Crippen LogP contribution in [0.4, 0.5) is 4.39 Å². The first-order valence-electron chi connectivity index (χ1n) is 12.7. The van der Waals surface area contributed by atoms with Crippen LogP contribution >= 0.6 is 11.8 Å². The van der Waals surface area contributed by atoms with Gasteiger partial charge in [-0.05, 0) is 98.7 Å². The van der Waals surface area contributed by atoms with E-state index in [0.717, 1.165) is 60.4 Å². The highest BCUT2D eigenvalue weighted by Gasteiger charge is 2.30. The zero-order valence-electron chi connectivity index (χ0n) is 20.8. The molecule has 0 bridgehead atoms. The summed E-state index contributed by atoms with van der Waals surface area (Å²) >= 11 is 1.79. The van der Waals surface area contributed by atoms with Gasteiger partial charge in [-0.1, -0.05) is 0 Å².